The van der Waals surface area contributed by atoms with Gasteiger partial charge in [-0.1, -0.05) is 12.1 Å². The van der Waals surface area contributed by atoms with Crippen LogP contribution in [0, 0.1) is 0 Å². The van der Waals surface area contributed by atoms with Gasteiger partial charge in [0.15, 0.2) is 0 Å². The number of hydrogen-bond acceptors (Lipinski definition) is 3. The number of nitrogens with zero attached hydrogens (tertiary/aromatic N) is 3. The van der Waals surface area contributed by atoms with Crippen LogP contribution in [0.2, 0.25) is 0 Å². The fourth-order valence-electron chi connectivity index (χ4n) is 2.87. The van der Waals surface area contributed by atoms with Crippen LogP contribution < -0.4 is 4.90 Å². The van der Waals surface area contributed by atoms with E-state index >= 15 is 0 Å². The van der Waals surface area contributed by atoms with E-state index in [2.05, 4.69) is 9.88 Å². The summed E-state index contributed by atoms with van der Waals surface area (Å²) >= 11 is 0. The molecule has 1 amide bonds. The number of benzene rings is 1. The smallest absolute Gasteiger partial charge is 0.368 e. The quantitative estimate of drug-likeness (QED) is 0.855. The van der Waals surface area contributed by atoms with Crippen molar-refractivity contribution >= 4 is 11.6 Å². The first-order valence-electron chi connectivity index (χ1n) is 8.02. The van der Waals surface area contributed by atoms with Gasteiger partial charge in [0.25, 0.3) is 0 Å². The Morgan fingerprint density at radius 2 is 1.56 bits per heavy atom. The highest BCUT2D eigenvalue weighted by atomic mass is 19.4. The van der Waals surface area contributed by atoms with Gasteiger partial charge in [-0.2, -0.15) is 13.2 Å². The predicted octanol–water partition coefficient (Wildman–Crippen LogP) is 2.99. The van der Waals surface area contributed by atoms with E-state index in [1.807, 2.05) is 12.1 Å². The summed E-state index contributed by atoms with van der Waals surface area (Å²) in [6.45, 7) is 2.65. The van der Waals surface area contributed by atoms with Crippen LogP contribution in [0.15, 0.2) is 48.8 Å². The Bertz CT molecular complexity index is 709. The number of halogens is 3. The van der Waals surface area contributed by atoms with E-state index in [0.717, 1.165) is 30.9 Å². The fourth-order valence-corrected chi connectivity index (χ4v) is 2.87. The van der Waals surface area contributed by atoms with E-state index in [9.17, 15) is 18.0 Å². The summed E-state index contributed by atoms with van der Waals surface area (Å²) in [6.07, 6.45) is -0.770. The van der Waals surface area contributed by atoms with Crippen LogP contribution >= 0.6 is 0 Å². The first kappa shape index (κ1) is 17.3. The van der Waals surface area contributed by atoms with Crippen LogP contribution in [0.3, 0.4) is 0 Å². The van der Waals surface area contributed by atoms with Gasteiger partial charge in [0.2, 0.25) is 5.91 Å². The number of pyridine rings is 1. The summed E-state index contributed by atoms with van der Waals surface area (Å²) in [4.78, 5) is 20.3. The SMILES string of the molecule is O=C(Cc1ccc(C(F)(F)F)cc1)N1CCN(c2ccncc2)CC1. The van der Waals surface area contributed by atoms with Gasteiger partial charge in [0.1, 0.15) is 0 Å². The molecule has 0 N–H and O–H groups in total. The lowest BCUT2D eigenvalue weighted by Crippen LogP contribution is -2.49. The average molecular weight is 349 g/mol. The zero-order chi connectivity index (χ0) is 17.9. The Kier molecular flexibility index (Phi) is 4.92. The Morgan fingerprint density at radius 1 is 0.960 bits per heavy atom. The summed E-state index contributed by atoms with van der Waals surface area (Å²) in [7, 11) is 0. The van der Waals surface area contributed by atoms with Gasteiger partial charge in [0, 0.05) is 44.3 Å². The first-order chi connectivity index (χ1) is 11.9. The van der Waals surface area contributed by atoms with Crippen molar-refractivity contribution in [1.29, 1.82) is 0 Å². The van der Waals surface area contributed by atoms with E-state index < -0.39 is 11.7 Å². The molecule has 2 heterocycles. The first-order valence-corrected chi connectivity index (χ1v) is 8.02. The second-order valence-corrected chi connectivity index (χ2v) is 5.94. The van der Waals surface area contributed by atoms with Crippen LogP contribution in [-0.4, -0.2) is 42.0 Å². The van der Waals surface area contributed by atoms with Gasteiger partial charge < -0.3 is 9.80 Å². The van der Waals surface area contributed by atoms with E-state index in [0.29, 0.717) is 18.7 Å². The van der Waals surface area contributed by atoms with Crippen LogP contribution in [0.25, 0.3) is 0 Å². The number of alkyl halides is 3. The van der Waals surface area contributed by atoms with Gasteiger partial charge in [0.05, 0.1) is 12.0 Å². The third-order valence-corrected chi connectivity index (χ3v) is 4.30. The molecular weight excluding hydrogens is 331 g/mol. The zero-order valence-electron chi connectivity index (χ0n) is 13.5. The van der Waals surface area contributed by atoms with Gasteiger partial charge in [-0.15, -0.1) is 0 Å². The summed E-state index contributed by atoms with van der Waals surface area (Å²) in [5.74, 6) is -0.0610. The second-order valence-electron chi connectivity index (χ2n) is 5.94. The molecule has 0 spiro atoms. The van der Waals surface area contributed by atoms with E-state index in [1.165, 1.54) is 12.1 Å². The molecule has 1 saturated heterocycles. The number of carbonyl (C=O) groups excluding carboxylic acids is 1. The molecule has 25 heavy (non-hydrogen) atoms. The lowest BCUT2D eigenvalue weighted by atomic mass is 10.1. The third-order valence-electron chi connectivity index (χ3n) is 4.30. The molecule has 0 bridgehead atoms. The Labute approximate surface area is 143 Å². The summed E-state index contributed by atoms with van der Waals surface area (Å²) in [6, 6.07) is 8.63. The number of rotatable bonds is 3. The molecule has 0 radical (unpaired) electrons. The van der Waals surface area contributed by atoms with Crippen molar-refractivity contribution in [3.63, 3.8) is 0 Å². The van der Waals surface area contributed by atoms with Crippen molar-refractivity contribution in [3.05, 3.63) is 59.9 Å². The zero-order valence-corrected chi connectivity index (χ0v) is 13.5. The maximum Gasteiger partial charge on any atom is 0.416 e. The van der Waals surface area contributed by atoms with Crippen molar-refractivity contribution in [2.75, 3.05) is 31.1 Å². The largest absolute Gasteiger partial charge is 0.416 e. The molecule has 1 aliphatic heterocycles. The Balaban J connectivity index is 1.54. The van der Waals surface area contributed by atoms with Crippen molar-refractivity contribution in [2.45, 2.75) is 12.6 Å². The Hall–Kier alpha value is -2.57. The molecule has 1 aromatic carbocycles. The number of piperazine rings is 1. The third kappa shape index (κ3) is 4.29. The van der Waals surface area contributed by atoms with Crippen LogP contribution in [0.5, 0.6) is 0 Å². The van der Waals surface area contributed by atoms with Gasteiger partial charge >= 0.3 is 6.18 Å². The van der Waals surface area contributed by atoms with Crippen molar-refractivity contribution in [1.82, 2.24) is 9.88 Å². The van der Waals surface area contributed by atoms with Crippen molar-refractivity contribution in [2.24, 2.45) is 0 Å². The molecule has 0 saturated carbocycles. The summed E-state index contributed by atoms with van der Waals surface area (Å²) in [5, 5.41) is 0. The molecule has 0 atom stereocenters. The average Bonchev–Trinajstić information content (AvgIpc) is 2.62. The summed E-state index contributed by atoms with van der Waals surface area (Å²) < 4.78 is 37.7. The molecule has 3 rings (SSSR count). The molecule has 0 unspecified atom stereocenters. The second kappa shape index (κ2) is 7.13. The number of carbonyl (C=O) groups is 1. The number of amides is 1. The van der Waals surface area contributed by atoms with Crippen LogP contribution in [-0.2, 0) is 17.4 Å². The van der Waals surface area contributed by atoms with Gasteiger partial charge in [-0.25, -0.2) is 0 Å². The van der Waals surface area contributed by atoms with Crippen LogP contribution in [0.4, 0.5) is 18.9 Å². The van der Waals surface area contributed by atoms with E-state index in [4.69, 9.17) is 0 Å². The molecule has 0 aliphatic carbocycles. The maximum atomic E-state index is 12.6. The lowest BCUT2D eigenvalue weighted by Gasteiger charge is -2.36. The number of anilines is 1. The Morgan fingerprint density at radius 3 is 2.12 bits per heavy atom. The van der Waals surface area contributed by atoms with Crippen molar-refractivity contribution < 1.29 is 18.0 Å². The molecule has 4 nitrogen and oxygen atoms in total. The van der Waals surface area contributed by atoms with Crippen molar-refractivity contribution in [3.8, 4) is 0 Å². The minimum absolute atomic E-state index is 0.0610. The summed E-state index contributed by atoms with van der Waals surface area (Å²) in [5.41, 5.74) is 0.967. The number of aromatic nitrogens is 1. The minimum atomic E-state index is -4.36. The topological polar surface area (TPSA) is 36.4 Å². The van der Waals surface area contributed by atoms with Crippen LogP contribution in [0.1, 0.15) is 11.1 Å². The standard InChI is InChI=1S/C18H18F3N3O/c19-18(20,21)15-3-1-14(2-4-15)13-17(25)24-11-9-23(10-12-24)16-5-7-22-8-6-16/h1-8H,9-13H2. The molecule has 132 valence electrons. The molecular formula is C18H18F3N3O. The fraction of sp³-hybridized carbons (Fsp3) is 0.333. The maximum absolute atomic E-state index is 12.6. The molecule has 1 aromatic heterocycles. The lowest BCUT2D eigenvalue weighted by molar-refractivity contribution is -0.137. The molecule has 1 fully saturated rings. The molecule has 7 heteroatoms. The predicted molar refractivity (Wildman–Crippen MR) is 88.2 cm³/mol. The normalized spacial score (nSPS) is 15.3. The van der Waals surface area contributed by atoms with E-state index in [1.54, 1.807) is 17.3 Å². The highest BCUT2D eigenvalue weighted by molar-refractivity contribution is 5.79. The molecule has 2 aromatic rings. The number of hydrogen-bond donors (Lipinski definition) is 0. The van der Waals surface area contributed by atoms with Gasteiger partial charge in [-0.05, 0) is 29.8 Å². The highest BCUT2D eigenvalue weighted by Gasteiger charge is 2.30. The van der Waals surface area contributed by atoms with Gasteiger partial charge in [-0.3, -0.25) is 9.78 Å². The highest BCUT2D eigenvalue weighted by Crippen LogP contribution is 2.29. The monoisotopic (exact) mass is 349 g/mol. The minimum Gasteiger partial charge on any atom is -0.368 e. The van der Waals surface area contributed by atoms with E-state index in [-0.39, 0.29) is 12.3 Å². The molecule has 1 aliphatic rings.